The molecule has 0 fully saturated rings. The topological polar surface area (TPSA) is 58.6 Å². The van der Waals surface area contributed by atoms with Gasteiger partial charge in [-0.05, 0) is 25.5 Å². The number of hydrogen-bond acceptors (Lipinski definition) is 3. The van der Waals surface area contributed by atoms with Crippen LogP contribution in [0, 0.1) is 18.3 Å². The van der Waals surface area contributed by atoms with Gasteiger partial charge in [-0.25, -0.2) is 4.98 Å². The van der Waals surface area contributed by atoms with Crippen LogP contribution in [0.5, 0.6) is 0 Å². The molecule has 0 radical (unpaired) electrons. The zero-order valence-corrected chi connectivity index (χ0v) is 11.6. The lowest BCUT2D eigenvalue weighted by Crippen LogP contribution is -2.29. The van der Waals surface area contributed by atoms with Crippen LogP contribution in [0.1, 0.15) is 23.9 Å². The summed E-state index contributed by atoms with van der Waals surface area (Å²) in [6, 6.07) is 4.50. The Hall–Kier alpha value is -2.06. The van der Waals surface area contributed by atoms with Crippen LogP contribution in [-0.2, 0) is 20.1 Å². The van der Waals surface area contributed by atoms with Crippen molar-refractivity contribution in [2.24, 2.45) is 7.05 Å². The van der Waals surface area contributed by atoms with E-state index in [0.717, 1.165) is 18.8 Å². The van der Waals surface area contributed by atoms with Crippen molar-refractivity contribution in [2.45, 2.75) is 33.0 Å². The van der Waals surface area contributed by atoms with E-state index in [9.17, 15) is 0 Å². The lowest BCUT2D eigenvalue weighted by Gasteiger charge is -2.14. The molecule has 2 heterocycles. The van der Waals surface area contributed by atoms with Gasteiger partial charge in [0.15, 0.2) is 0 Å². The molecule has 0 spiro atoms. The summed E-state index contributed by atoms with van der Waals surface area (Å²) in [6.07, 6.45) is 5.56. The highest BCUT2D eigenvalue weighted by molar-refractivity contribution is 5.34. The molecule has 0 aromatic carbocycles. The Labute approximate surface area is 113 Å². The summed E-state index contributed by atoms with van der Waals surface area (Å²) >= 11 is 0. The first-order valence-electron chi connectivity index (χ1n) is 6.36. The second-order valence-corrected chi connectivity index (χ2v) is 4.85. The van der Waals surface area contributed by atoms with Crippen LogP contribution in [0.15, 0.2) is 24.8 Å². The fourth-order valence-electron chi connectivity index (χ4n) is 2.11. The fraction of sp³-hybridized carbons (Fsp3) is 0.429. The van der Waals surface area contributed by atoms with E-state index in [1.54, 1.807) is 6.20 Å². The van der Waals surface area contributed by atoms with Gasteiger partial charge in [-0.3, -0.25) is 0 Å². The summed E-state index contributed by atoms with van der Waals surface area (Å²) in [7, 11) is 1.92. The Kier molecular flexibility index (Phi) is 4.03. The standard InChI is InChI=1S/C14H19N5/c1-11(9-19-5-4-16-10-19)17-8-13-6-14(7-15)18(3)12(13)2/h4-6,10-11,17H,8-9H2,1-3H3/t11-/m0/s1. The molecule has 1 atom stereocenters. The summed E-state index contributed by atoms with van der Waals surface area (Å²) in [5.41, 5.74) is 3.02. The van der Waals surface area contributed by atoms with Crippen molar-refractivity contribution < 1.29 is 0 Å². The Morgan fingerprint density at radius 1 is 1.53 bits per heavy atom. The maximum atomic E-state index is 9.00. The van der Waals surface area contributed by atoms with Gasteiger partial charge in [0.25, 0.3) is 0 Å². The molecule has 0 bridgehead atoms. The minimum absolute atomic E-state index is 0.347. The van der Waals surface area contributed by atoms with Crippen molar-refractivity contribution in [3.8, 4) is 6.07 Å². The predicted molar refractivity (Wildman–Crippen MR) is 73.4 cm³/mol. The van der Waals surface area contributed by atoms with E-state index >= 15 is 0 Å². The first-order valence-corrected chi connectivity index (χ1v) is 6.36. The van der Waals surface area contributed by atoms with Gasteiger partial charge in [0.1, 0.15) is 11.8 Å². The van der Waals surface area contributed by atoms with E-state index in [0.29, 0.717) is 11.7 Å². The zero-order valence-electron chi connectivity index (χ0n) is 11.6. The number of nitriles is 1. The number of nitrogens with zero attached hydrogens (tertiary/aromatic N) is 4. The maximum absolute atomic E-state index is 9.00. The van der Waals surface area contributed by atoms with Crippen LogP contribution < -0.4 is 5.32 Å². The van der Waals surface area contributed by atoms with Gasteiger partial charge in [-0.15, -0.1) is 0 Å². The molecule has 0 amide bonds. The lowest BCUT2D eigenvalue weighted by molar-refractivity contribution is 0.475. The smallest absolute Gasteiger partial charge is 0.120 e. The second kappa shape index (κ2) is 5.72. The Morgan fingerprint density at radius 3 is 2.89 bits per heavy atom. The summed E-state index contributed by atoms with van der Waals surface area (Å²) in [4.78, 5) is 4.03. The highest BCUT2D eigenvalue weighted by atomic mass is 15.1. The van der Waals surface area contributed by atoms with Gasteiger partial charge >= 0.3 is 0 Å². The molecule has 0 saturated carbocycles. The maximum Gasteiger partial charge on any atom is 0.120 e. The molecule has 0 saturated heterocycles. The van der Waals surface area contributed by atoms with Gasteiger partial charge in [0, 0.05) is 44.3 Å². The predicted octanol–water partition coefficient (Wildman–Crippen LogP) is 1.58. The molecule has 0 aliphatic heterocycles. The van der Waals surface area contributed by atoms with E-state index in [-0.39, 0.29) is 0 Å². The number of hydrogen-bond donors (Lipinski definition) is 1. The number of aromatic nitrogens is 3. The van der Waals surface area contributed by atoms with Crippen molar-refractivity contribution in [3.63, 3.8) is 0 Å². The molecule has 2 rings (SSSR count). The molecule has 5 nitrogen and oxygen atoms in total. The third-order valence-corrected chi connectivity index (χ3v) is 3.44. The van der Waals surface area contributed by atoms with Gasteiger partial charge in [-0.2, -0.15) is 5.26 Å². The van der Waals surface area contributed by atoms with Crippen molar-refractivity contribution >= 4 is 0 Å². The van der Waals surface area contributed by atoms with Crippen molar-refractivity contribution in [1.82, 2.24) is 19.4 Å². The summed E-state index contributed by atoms with van der Waals surface area (Å²) in [5.74, 6) is 0. The monoisotopic (exact) mass is 257 g/mol. The van der Waals surface area contributed by atoms with Gasteiger partial charge in [0.2, 0.25) is 0 Å². The molecule has 0 aliphatic carbocycles. The quantitative estimate of drug-likeness (QED) is 0.884. The summed E-state index contributed by atoms with van der Waals surface area (Å²) < 4.78 is 3.98. The third kappa shape index (κ3) is 3.04. The van der Waals surface area contributed by atoms with Gasteiger partial charge < -0.3 is 14.5 Å². The van der Waals surface area contributed by atoms with Gasteiger partial charge in [0.05, 0.1) is 6.33 Å². The van der Waals surface area contributed by atoms with E-state index in [1.807, 2.05) is 37.1 Å². The first-order chi connectivity index (χ1) is 9.11. The highest BCUT2D eigenvalue weighted by Gasteiger charge is 2.09. The molecular weight excluding hydrogens is 238 g/mol. The van der Waals surface area contributed by atoms with Crippen molar-refractivity contribution in [1.29, 1.82) is 5.26 Å². The minimum atomic E-state index is 0.347. The van der Waals surface area contributed by atoms with E-state index in [4.69, 9.17) is 5.26 Å². The van der Waals surface area contributed by atoms with Crippen LogP contribution in [0.2, 0.25) is 0 Å². The number of rotatable bonds is 5. The number of imidazole rings is 1. The summed E-state index contributed by atoms with van der Waals surface area (Å²) in [6.45, 7) is 5.84. The van der Waals surface area contributed by atoms with Crippen molar-refractivity contribution in [3.05, 3.63) is 41.7 Å². The molecule has 19 heavy (non-hydrogen) atoms. The Bertz CT molecular complexity index is 574. The second-order valence-electron chi connectivity index (χ2n) is 4.85. The molecule has 2 aromatic rings. The Morgan fingerprint density at radius 2 is 2.32 bits per heavy atom. The highest BCUT2D eigenvalue weighted by Crippen LogP contribution is 2.13. The van der Waals surface area contributed by atoms with E-state index in [1.165, 1.54) is 5.56 Å². The van der Waals surface area contributed by atoms with E-state index in [2.05, 4.69) is 27.9 Å². The number of nitrogens with one attached hydrogen (secondary N) is 1. The Balaban J connectivity index is 1.94. The normalized spacial score (nSPS) is 12.3. The molecule has 0 aliphatic rings. The molecule has 1 N–H and O–H groups in total. The van der Waals surface area contributed by atoms with E-state index < -0.39 is 0 Å². The van der Waals surface area contributed by atoms with Crippen LogP contribution in [0.3, 0.4) is 0 Å². The third-order valence-electron chi connectivity index (χ3n) is 3.44. The lowest BCUT2D eigenvalue weighted by atomic mass is 10.2. The summed E-state index contributed by atoms with van der Waals surface area (Å²) in [5, 5.41) is 12.5. The van der Waals surface area contributed by atoms with Crippen LogP contribution in [-0.4, -0.2) is 20.2 Å². The van der Waals surface area contributed by atoms with Crippen LogP contribution in [0.25, 0.3) is 0 Å². The fourth-order valence-corrected chi connectivity index (χ4v) is 2.11. The molecular formula is C14H19N5. The van der Waals surface area contributed by atoms with Gasteiger partial charge in [-0.1, -0.05) is 0 Å². The van der Waals surface area contributed by atoms with Crippen LogP contribution in [0.4, 0.5) is 0 Å². The molecule has 0 unspecified atom stereocenters. The molecule has 5 heteroatoms. The average Bonchev–Trinajstić information content (AvgIpc) is 2.98. The van der Waals surface area contributed by atoms with Crippen LogP contribution >= 0.6 is 0 Å². The minimum Gasteiger partial charge on any atom is -0.340 e. The average molecular weight is 257 g/mol. The molecule has 2 aromatic heterocycles. The SMILES string of the molecule is Cc1c(CN[C@@H](C)Cn2ccnc2)cc(C#N)n1C. The van der Waals surface area contributed by atoms with Crippen molar-refractivity contribution in [2.75, 3.05) is 0 Å². The largest absolute Gasteiger partial charge is 0.340 e. The molecule has 100 valence electrons. The first kappa shape index (κ1) is 13.4. The zero-order chi connectivity index (χ0) is 13.8.